The van der Waals surface area contributed by atoms with Crippen LogP contribution >= 0.6 is 0 Å². The molecule has 0 aromatic heterocycles. The Morgan fingerprint density at radius 1 is 1.15 bits per heavy atom. The molecule has 0 bridgehead atoms. The minimum atomic E-state index is -0.437. The average Bonchev–Trinajstić information content (AvgIpc) is 2.68. The first-order valence-corrected chi connectivity index (χ1v) is 8.85. The van der Waals surface area contributed by atoms with Crippen LogP contribution in [0.5, 0.6) is 17.2 Å². The summed E-state index contributed by atoms with van der Waals surface area (Å²) in [5, 5.41) is 2.78. The molecule has 0 saturated heterocycles. The molecule has 6 nitrogen and oxygen atoms in total. The Morgan fingerprint density at radius 2 is 1.89 bits per heavy atom. The summed E-state index contributed by atoms with van der Waals surface area (Å²) in [7, 11) is 1.70. The predicted octanol–water partition coefficient (Wildman–Crippen LogP) is 3.34. The van der Waals surface area contributed by atoms with Gasteiger partial charge in [-0.1, -0.05) is 12.1 Å². The van der Waals surface area contributed by atoms with E-state index < -0.39 is 5.82 Å². The van der Waals surface area contributed by atoms with Gasteiger partial charge in [-0.25, -0.2) is 9.18 Å². The molecule has 3 rings (SSSR count). The summed E-state index contributed by atoms with van der Waals surface area (Å²) in [6, 6.07) is 10.0. The summed E-state index contributed by atoms with van der Waals surface area (Å²) in [5.41, 5.74) is 1.60. The lowest BCUT2D eigenvalue weighted by molar-refractivity contribution is 0.171. The van der Waals surface area contributed by atoms with E-state index in [1.54, 1.807) is 31.0 Å². The van der Waals surface area contributed by atoms with E-state index in [1.165, 1.54) is 6.07 Å². The highest BCUT2D eigenvalue weighted by atomic mass is 19.1. The topological polar surface area (TPSA) is 60.0 Å². The summed E-state index contributed by atoms with van der Waals surface area (Å²) in [4.78, 5) is 13.9. The van der Waals surface area contributed by atoms with Crippen LogP contribution in [0.4, 0.5) is 9.18 Å². The maximum Gasteiger partial charge on any atom is 0.317 e. The standard InChI is InChI=1S/C20H23FN2O4/c1-3-25-17-6-4-14(10-16(17)21)12-22-20(24)23(2)13-15-5-7-18-19(11-15)27-9-8-26-18/h4-7,10-11H,3,8-9,12-13H2,1-2H3,(H,22,24). The van der Waals surface area contributed by atoms with E-state index in [9.17, 15) is 9.18 Å². The van der Waals surface area contributed by atoms with E-state index in [2.05, 4.69) is 5.32 Å². The van der Waals surface area contributed by atoms with Crippen LogP contribution in [-0.4, -0.2) is 37.8 Å². The predicted molar refractivity (Wildman–Crippen MR) is 98.7 cm³/mol. The fourth-order valence-electron chi connectivity index (χ4n) is 2.77. The summed E-state index contributed by atoms with van der Waals surface area (Å²) < 4.78 is 30.1. The molecule has 0 saturated carbocycles. The van der Waals surface area contributed by atoms with E-state index >= 15 is 0 Å². The van der Waals surface area contributed by atoms with Gasteiger partial charge in [0, 0.05) is 20.1 Å². The smallest absolute Gasteiger partial charge is 0.317 e. The van der Waals surface area contributed by atoms with Gasteiger partial charge in [0.15, 0.2) is 23.1 Å². The second-order valence-corrected chi connectivity index (χ2v) is 6.19. The number of nitrogens with zero attached hydrogens (tertiary/aromatic N) is 1. The molecule has 2 amide bonds. The minimum absolute atomic E-state index is 0.211. The fourth-order valence-corrected chi connectivity index (χ4v) is 2.77. The highest BCUT2D eigenvalue weighted by Crippen LogP contribution is 2.31. The molecule has 7 heteroatoms. The molecule has 0 fully saturated rings. The van der Waals surface area contributed by atoms with Crippen LogP contribution in [0.15, 0.2) is 36.4 Å². The molecule has 1 aliphatic rings. The van der Waals surface area contributed by atoms with Crippen molar-refractivity contribution in [3.63, 3.8) is 0 Å². The van der Waals surface area contributed by atoms with Gasteiger partial charge >= 0.3 is 6.03 Å². The van der Waals surface area contributed by atoms with Crippen LogP contribution in [0.3, 0.4) is 0 Å². The Kier molecular flexibility index (Phi) is 6.01. The van der Waals surface area contributed by atoms with Gasteiger partial charge in [0.1, 0.15) is 13.2 Å². The van der Waals surface area contributed by atoms with Crippen molar-refractivity contribution in [3.8, 4) is 17.2 Å². The number of benzene rings is 2. The number of carbonyl (C=O) groups excluding carboxylic acids is 1. The number of nitrogens with one attached hydrogen (secondary N) is 1. The Morgan fingerprint density at radius 3 is 2.63 bits per heavy atom. The zero-order chi connectivity index (χ0) is 19.2. The van der Waals surface area contributed by atoms with Gasteiger partial charge in [-0.2, -0.15) is 0 Å². The largest absolute Gasteiger partial charge is 0.491 e. The number of rotatable bonds is 6. The second-order valence-electron chi connectivity index (χ2n) is 6.19. The molecule has 0 unspecified atom stereocenters. The molecule has 2 aromatic carbocycles. The normalized spacial score (nSPS) is 12.4. The summed E-state index contributed by atoms with van der Waals surface area (Å²) in [5.74, 6) is 1.18. The van der Waals surface area contributed by atoms with Crippen LogP contribution in [0.2, 0.25) is 0 Å². The zero-order valence-corrected chi connectivity index (χ0v) is 15.5. The van der Waals surface area contributed by atoms with Gasteiger partial charge in [0.05, 0.1) is 6.61 Å². The Bertz CT molecular complexity index is 813. The van der Waals surface area contributed by atoms with Crippen LogP contribution in [0, 0.1) is 5.82 Å². The van der Waals surface area contributed by atoms with Crippen molar-refractivity contribution >= 4 is 6.03 Å². The maximum atomic E-state index is 13.9. The zero-order valence-electron chi connectivity index (χ0n) is 15.5. The van der Waals surface area contributed by atoms with Gasteiger partial charge in [0.25, 0.3) is 0 Å². The molecule has 27 heavy (non-hydrogen) atoms. The lowest BCUT2D eigenvalue weighted by Gasteiger charge is -2.21. The molecule has 0 radical (unpaired) electrons. The van der Waals surface area contributed by atoms with Gasteiger partial charge in [-0.05, 0) is 42.3 Å². The first-order valence-electron chi connectivity index (χ1n) is 8.85. The number of ether oxygens (including phenoxy) is 3. The quantitative estimate of drug-likeness (QED) is 0.843. The van der Waals surface area contributed by atoms with Crippen LogP contribution in [0.1, 0.15) is 18.1 Å². The number of urea groups is 1. The highest BCUT2D eigenvalue weighted by molar-refractivity contribution is 5.73. The molecule has 0 spiro atoms. The average molecular weight is 374 g/mol. The molecular weight excluding hydrogens is 351 g/mol. The van der Waals surface area contributed by atoms with Crippen molar-refractivity contribution in [3.05, 3.63) is 53.3 Å². The van der Waals surface area contributed by atoms with E-state index in [-0.39, 0.29) is 18.3 Å². The number of fused-ring (bicyclic) bond motifs is 1. The minimum Gasteiger partial charge on any atom is -0.491 e. The molecular formula is C20H23FN2O4. The molecule has 0 atom stereocenters. The van der Waals surface area contributed by atoms with Crippen LogP contribution in [-0.2, 0) is 13.1 Å². The summed E-state index contributed by atoms with van der Waals surface area (Å²) in [6.45, 7) is 3.91. The first-order chi connectivity index (χ1) is 13.1. The van der Waals surface area contributed by atoms with E-state index in [0.717, 1.165) is 11.3 Å². The number of amides is 2. The van der Waals surface area contributed by atoms with E-state index in [0.29, 0.717) is 37.7 Å². The highest BCUT2D eigenvalue weighted by Gasteiger charge is 2.14. The fraction of sp³-hybridized carbons (Fsp3) is 0.350. The second kappa shape index (κ2) is 8.62. The Balaban J connectivity index is 1.54. The van der Waals surface area contributed by atoms with Crippen LogP contribution < -0.4 is 19.5 Å². The maximum absolute atomic E-state index is 13.9. The van der Waals surface area contributed by atoms with Crippen molar-refractivity contribution in [1.82, 2.24) is 10.2 Å². The van der Waals surface area contributed by atoms with Crippen molar-refractivity contribution in [1.29, 1.82) is 0 Å². The monoisotopic (exact) mass is 374 g/mol. The SMILES string of the molecule is CCOc1ccc(CNC(=O)N(C)Cc2ccc3c(c2)OCCO3)cc1F. The molecule has 2 aromatic rings. The number of carbonyl (C=O) groups is 1. The molecule has 1 N–H and O–H groups in total. The molecule has 144 valence electrons. The Labute approximate surface area is 157 Å². The van der Waals surface area contributed by atoms with Gasteiger partial charge in [-0.15, -0.1) is 0 Å². The van der Waals surface area contributed by atoms with Crippen molar-refractivity contribution in [2.75, 3.05) is 26.9 Å². The molecule has 1 heterocycles. The lowest BCUT2D eigenvalue weighted by atomic mass is 10.2. The lowest BCUT2D eigenvalue weighted by Crippen LogP contribution is -2.36. The summed E-state index contributed by atoms with van der Waals surface area (Å²) >= 11 is 0. The van der Waals surface area contributed by atoms with Gasteiger partial charge in [0.2, 0.25) is 0 Å². The molecule has 0 aliphatic carbocycles. The van der Waals surface area contributed by atoms with Gasteiger partial charge in [-0.3, -0.25) is 0 Å². The third-order valence-electron chi connectivity index (χ3n) is 4.11. The first kappa shape index (κ1) is 18.8. The third kappa shape index (κ3) is 4.81. The summed E-state index contributed by atoms with van der Waals surface area (Å²) in [6.07, 6.45) is 0. The molecule has 1 aliphatic heterocycles. The van der Waals surface area contributed by atoms with Crippen molar-refractivity contribution in [2.45, 2.75) is 20.0 Å². The van der Waals surface area contributed by atoms with Crippen molar-refractivity contribution in [2.24, 2.45) is 0 Å². The van der Waals surface area contributed by atoms with Crippen molar-refractivity contribution < 1.29 is 23.4 Å². The van der Waals surface area contributed by atoms with E-state index in [4.69, 9.17) is 14.2 Å². The van der Waals surface area contributed by atoms with Gasteiger partial charge < -0.3 is 24.4 Å². The van der Waals surface area contributed by atoms with Crippen LogP contribution in [0.25, 0.3) is 0 Å². The number of halogens is 1. The number of hydrogen-bond donors (Lipinski definition) is 1. The third-order valence-corrected chi connectivity index (χ3v) is 4.11. The number of hydrogen-bond acceptors (Lipinski definition) is 4. The van der Waals surface area contributed by atoms with E-state index in [1.807, 2.05) is 18.2 Å². The Hall–Kier alpha value is -2.96.